The molecule has 0 unspecified atom stereocenters. The summed E-state index contributed by atoms with van der Waals surface area (Å²) >= 11 is 12.0. The number of rotatable bonds is 2. The third-order valence-electron chi connectivity index (χ3n) is 3.77. The lowest BCUT2D eigenvalue weighted by molar-refractivity contribution is -0.179. The summed E-state index contributed by atoms with van der Waals surface area (Å²) in [5.74, 6) is -1.00. The Morgan fingerprint density at radius 2 is 1.90 bits per heavy atom. The van der Waals surface area contributed by atoms with Gasteiger partial charge in [0.25, 0.3) is 0 Å². The fraction of sp³-hybridized carbons (Fsp3) is 0.467. The average molecular weight is 315 g/mol. The molecule has 5 heteroatoms. The van der Waals surface area contributed by atoms with E-state index in [0.717, 1.165) is 0 Å². The Bertz CT molecular complexity index is 566. The highest BCUT2D eigenvalue weighted by atomic mass is 35.5. The lowest BCUT2D eigenvalue weighted by Gasteiger charge is -2.38. The molecule has 0 N–H and O–H groups in total. The van der Waals surface area contributed by atoms with Gasteiger partial charge >= 0.3 is 5.97 Å². The molecule has 1 aromatic carbocycles. The second kappa shape index (κ2) is 5.38. The molecule has 1 aliphatic rings. The monoisotopic (exact) mass is 314 g/mol. The number of halogens is 2. The van der Waals surface area contributed by atoms with Crippen LogP contribution in [0, 0.1) is 11.3 Å². The summed E-state index contributed by atoms with van der Waals surface area (Å²) in [5.41, 5.74) is -0.476. The van der Waals surface area contributed by atoms with E-state index in [1.54, 1.807) is 32.0 Å². The number of carbonyl (C=O) groups is 2. The first-order valence-corrected chi connectivity index (χ1v) is 7.25. The molecule has 0 aliphatic carbocycles. The number of hydrogen-bond donors (Lipinski definition) is 0. The summed E-state index contributed by atoms with van der Waals surface area (Å²) in [6.45, 7) is 5.09. The van der Waals surface area contributed by atoms with Crippen LogP contribution < -0.4 is 0 Å². The highest BCUT2D eigenvalue weighted by molar-refractivity contribution is 6.35. The Balaban J connectivity index is 2.45. The molecule has 0 amide bonds. The van der Waals surface area contributed by atoms with Crippen molar-refractivity contribution < 1.29 is 14.3 Å². The molecule has 0 saturated carbocycles. The van der Waals surface area contributed by atoms with E-state index in [0.29, 0.717) is 22.0 Å². The van der Waals surface area contributed by atoms with E-state index >= 15 is 0 Å². The minimum absolute atomic E-state index is 0.104. The maximum atomic E-state index is 12.5. The van der Waals surface area contributed by atoms with Crippen molar-refractivity contribution in [3.63, 3.8) is 0 Å². The zero-order valence-corrected chi connectivity index (χ0v) is 13.1. The van der Waals surface area contributed by atoms with Gasteiger partial charge in [0, 0.05) is 15.6 Å². The van der Waals surface area contributed by atoms with Crippen molar-refractivity contribution in [3.8, 4) is 0 Å². The van der Waals surface area contributed by atoms with Gasteiger partial charge in [0.05, 0.1) is 5.92 Å². The average Bonchev–Trinajstić information content (AvgIpc) is 2.36. The number of hydrogen-bond acceptors (Lipinski definition) is 3. The van der Waals surface area contributed by atoms with Crippen LogP contribution >= 0.6 is 23.2 Å². The Kier molecular flexibility index (Phi) is 4.12. The molecule has 1 aromatic rings. The predicted octanol–water partition coefficient (Wildman–Crippen LogP) is 4.21. The van der Waals surface area contributed by atoms with Crippen LogP contribution in [0.5, 0.6) is 0 Å². The third kappa shape index (κ3) is 2.45. The van der Waals surface area contributed by atoms with Crippen molar-refractivity contribution in [3.05, 3.63) is 33.8 Å². The summed E-state index contributed by atoms with van der Waals surface area (Å²) in [4.78, 5) is 24.5. The van der Waals surface area contributed by atoms with Gasteiger partial charge in [0.2, 0.25) is 0 Å². The Labute approximate surface area is 128 Å². The fourth-order valence-electron chi connectivity index (χ4n) is 2.46. The van der Waals surface area contributed by atoms with E-state index < -0.39 is 17.5 Å². The van der Waals surface area contributed by atoms with Crippen LogP contribution in [0.2, 0.25) is 10.0 Å². The second-order valence-corrected chi connectivity index (χ2v) is 6.34. The number of ether oxygens (including phenoxy) is 1. The molecule has 1 heterocycles. The number of ketones is 1. The summed E-state index contributed by atoms with van der Waals surface area (Å²) in [6, 6.07) is 4.97. The zero-order valence-electron chi connectivity index (χ0n) is 11.6. The van der Waals surface area contributed by atoms with Crippen LogP contribution in [-0.2, 0) is 14.3 Å². The molecular formula is C15H16Cl2O3. The topological polar surface area (TPSA) is 43.4 Å². The Morgan fingerprint density at radius 1 is 1.25 bits per heavy atom. The Hall–Kier alpha value is -1.06. The zero-order chi connectivity index (χ0) is 15.1. The molecule has 1 saturated heterocycles. The molecular weight excluding hydrogens is 299 g/mol. The summed E-state index contributed by atoms with van der Waals surface area (Å²) in [6.07, 6.45) is -0.0584. The van der Waals surface area contributed by atoms with Crippen LogP contribution in [-0.4, -0.2) is 11.8 Å². The van der Waals surface area contributed by atoms with Gasteiger partial charge in [0.1, 0.15) is 11.5 Å². The Morgan fingerprint density at radius 3 is 2.45 bits per heavy atom. The van der Waals surface area contributed by atoms with Crippen molar-refractivity contribution in [2.45, 2.75) is 33.3 Å². The van der Waals surface area contributed by atoms with Crippen molar-refractivity contribution in [2.75, 3.05) is 0 Å². The van der Waals surface area contributed by atoms with Crippen LogP contribution in [0.4, 0.5) is 0 Å². The van der Waals surface area contributed by atoms with Crippen molar-refractivity contribution in [2.24, 2.45) is 11.3 Å². The van der Waals surface area contributed by atoms with Gasteiger partial charge in [-0.15, -0.1) is 0 Å². The highest BCUT2D eigenvalue weighted by Crippen LogP contribution is 2.43. The molecule has 0 bridgehead atoms. The minimum atomic E-state index is -1.10. The molecule has 1 aliphatic heterocycles. The normalized spacial score (nSPS) is 25.4. The minimum Gasteiger partial charge on any atom is -0.456 e. The maximum Gasteiger partial charge on any atom is 0.319 e. The predicted molar refractivity (Wildman–Crippen MR) is 77.9 cm³/mol. The summed E-state index contributed by atoms with van der Waals surface area (Å²) in [7, 11) is 0. The number of carbonyl (C=O) groups excluding carboxylic acids is 2. The lowest BCUT2D eigenvalue weighted by Crippen LogP contribution is -2.47. The van der Waals surface area contributed by atoms with E-state index in [9.17, 15) is 9.59 Å². The van der Waals surface area contributed by atoms with Gasteiger partial charge in [-0.1, -0.05) is 36.2 Å². The summed E-state index contributed by atoms with van der Waals surface area (Å²) < 4.78 is 5.49. The molecule has 3 nitrogen and oxygen atoms in total. The fourth-order valence-corrected chi connectivity index (χ4v) is 2.97. The quantitative estimate of drug-likeness (QED) is 0.606. The van der Waals surface area contributed by atoms with Gasteiger partial charge in [0.15, 0.2) is 5.78 Å². The van der Waals surface area contributed by atoms with E-state index in [1.807, 2.05) is 6.92 Å². The molecule has 0 aromatic heterocycles. The van der Waals surface area contributed by atoms with E-state index in [-0.39, 0.29) is 11.7 Å². The number of esters is 1. The van der Waals surface area contributed by atoms with Crippen molar-refractivity contribution >= 4 is 35.0 Å². The van der Waals surface area contributed by atoms with Gasteiger partial charge in [-0.05, 0) is 32.4 Å². The van der Waals surface area contributed by atoms with Crippen molar-refractivity contribution in [1.82, 2.24) is 0 Å². The molecule has 1 fully saturated rings. The van der Waals surface area contributed by atoms with E-state index in [4.69, 9.17) is 27.9 Å². The molecule has 108 valence electrons. The SMILES string of the molecule is CC[C@@H]1C(=O)C(C)(C)C(=O)O[C@@H]1c1ccc(Cl)cc1Cl. The largest absolute Gasteiger partial charge is 0.456 e. The van der Waals surface area contributed by atoms with Gasteiger partial charge in [-0.25, -0.2) is 0 Å². The molecule has 2 rings (SSSR count). The first-order valence-electron chi connectivity index (χ1n) is 6.49. The van der Waals surface area contributed by atoms with Crippen molar-refractivity contribution in [1.29, 1.82) is 0 Å². The van der Waals surface area contributed by atoms with E-state index in [1.165, 1.54) is 0 Å². The van der Waals surface area contributed by atoms with Crippen LogP contribution in [0.15, 0.2) is 18.2 Å². The van der Waals surface area contributed by atoms with Gasteiger partial charge in [-0.3, -0.25) is 9.59 Å². The standard InChI is InChI=1S/C15H16Cl2O3/c1-4-9-12(10-6-5-8(16)7-11(10)17)20-14(19)15(2,3)13(9)18/h5-7,9,12H,4H2,1-3H3/t9-,12-/m0/s1. The first-order chi connectivity index (χ1) is 9.28. The maximum absolute atomic E-state index is 12.5. The lowest BCUT2D eigenvalue weighted by atomic mass is 9.74. The molecule has 0 spiro atoms. The third-order valence-corrected chi connectivity index (χ3v) is 4.33. The smallest absolute Gasteiger partial charge is 0.319 e. The number of cyclic esters (lactones) is 1. The highest BCUT2D eigenvalue weighted by Gasteiger charge is 2.50. The van der Waals surface area contributed by atoms with Gasteiger partial charge < -0.3 is 4.74 Å². The molecule has 0 radical (unpaired) electrons. The number of benzene rings is 1. The van der Waals surface area contributed by atoms with Crippen LogP contribution in [0.1, 0.15) is 38.9 Å². The van der Waals surface area contributed by atoms with Crippen LogP contribution in [0.25, 0.3) is 0 Å². The van der Waals surface area contributed by atoms with Crippen LogP contribution in [0.3, 0.4) is 0 Å². The van der Waals surface area contributed by atoms with E-state index in [2.05, 4.69) is 0 Å². The van der Waals surface area contributed by atoms with Gasteiger partial charge in [-0.2, -0.15) is 0 Å². The number of Topliss-reactive ketones (excluding diaryl/α,β-unsaturated/α-hetero) is 1. The molecule has 2 atom stereocenters. The first kappa shape index (κ1) is 15.3. The second-order valence-electron chi connectivity index (χ2n) is 5.50. The summed E-state index contributed by atoms with van der Waals surface area (Å²) in [5, 5.41) is 0.904. The molecule has 20 heavy (non-hydrogen) atoms.